The minimum atomic E-state index is -3.73. The van der Waals surface area contributed by atoms with Crippen LogP contribution in [0.25, 0.3) is 0 Å². The summed E-state index contributed by atoms with van der Waals surface area (Å²) in [5.74, 6) is 0. The van der Waals surface area contributed by atoms with E-state index in [1.54, 1.807) is 6.92 Å². The number of fused-ring (bicyclic) bond motifs is 2. The van der Waals surface area contributed by atoms with Crippen molar-refractivity contribution in [1.82, 2.24) is 10.0 Å². The van der Waals surface area contributed by atoms with Gasteiger partial charge in [-0.3, -0.25) is 10.1 Å². The number of nitro benzene ring substituents is 1. The highest BCUT2D eigenvalue weighted by Crippen LogP contribution is 2.28. The highest BCUT2D eigenvalue weighted by atomic mass is 35.5. The number of sulfonamides is 1. The minimum absolute atomic E-state index is 0. The smallest absolute Gasteiger partial charge is 0.273 e. The lowest BCUT2D eigenvalue weighted by Gasteiger charge is -2.29. The van der Waals surface area contributed by atoms with Crippen LogP contribution in [0.5, 0.6) is 0 Å². The molecule has 7 nitrogen and oxygen atoms in total. The van der Waals surface area contributed by atoms with Crippen LogP contribution in [-0.4, -0.2) is 31.5 Å². The van der Waals surface area contributed by atoms with Gasteiger partial charge in [0.1, 0.15) is 0 Å². The molecule has 0 aliphatic carbocycles. The molecule has 3 rings (SSSR count). The molecule has 2 bridgehead atoms. The fourth-order valence-corrected chi connectivity index (χ4v) is 4.68. The third-order valence-corrected chi connectivity index (χ3v) is 6.00. The zero-order valence-electron chi connectivity index (χ0n) is 12.7. The first-order valence-corrected chi connectivity index (χ1v) is 8.87. The molecule has 2 fully saturated rings. The summed E-state index contributed by atoms with van der Waals surface area (Å²) in [6.07, 6.45) is 3.70. The van der Waals surface area contributed by atoms with Gasteiger partial charge in [0.15, 0.2) is 0 Å². The molecule has 0 radical (unpaired) electrons. The maximum absolute atomic E-state index is 12.5. The van der Waals surface area contributed by atoms with E-state index in [0.717, 1.165) is 31.7 Å². The lowest BCUT2D eigenvalue weighted by atomic mass is 10.0. The normalized spacial score (nSPS) is 26.6. The quantitative estimate of drug-likeness (QED) is 0.629. The number of nitro groups is 1. The molecule has 2 aliphatic rings. The topological polar surface area (TPSA) is 101 Å². The molecule has 0 saturated carbocycles. The summed E-state index contributed by atoms with van der Waals surface area (Å²) in [6, 6.07) is 4.66. The molecule has 0 amide bonds. The van der Waals surface area contributed by atoms with Crippen LogP contribution in [0.3, 0.4) is 0 Å². The van der Waals surface area contributed by atoms with E-state index in [-0.39, 0.29) is 29.0 Å². The zero-order chi connectivity index (χ0) is 15.9. The van der Waals surface area contributed by atoms with Crippen molar-refractivity contribution in [1.29, 1.82) is 0 Å². The standard InChI is InChI=1S/C14H19N3O4S.ClH/c1-9-2-5-13(8-14(9)17(18)19)22(20,21)16-12-6-10-3-4-11(7-12)15-10;/h2,5,8,10-12,15-16H,3-4,6-7H2,1H3;1H. The van der Waals surface area contributed by atoms with Gasteiger partial charge in [-0.25, -0.2) is 13.1 Å². The second-order valence-corrected chi connectivity index (χ2v) is 7.85. The summed E-state index contributed by atoms with van der Waals surface area (Å²) in [6.45, 7) is 1.59. The van der Waals surface area contributed by atoms with Crippen LogP contribution in [0.15, 0.2) is 23.1 Å². The van der Waals surface area contributed by atoms with Crippen molar-refractivity contribution in [2.45, 2.75) is 55.6 Å². The van der Waals surface area contributed by atoms with Gasteiger partial charge < -0.3 is 5.32 Å². The van der Waals surface area contributed by atoms with Crippen LogP contribution in [0, 0.1) is 17.0 Å². The number of hydrogen-bond donors (Lipinski definition) is 2. The van der Waals surface area contributed by atoms with Crippen LogP contribution in [-0.2, 0) is 10.0 Å². The third-order valence-electron chi connectivity index (χ3n) is 4.48. The molecule has 1 aromatic carbocycles. The molecule has 0 aromatic heterocycles. The van der Waals surface area contributed by atoms with E-state index in [9.17, 15) is 18.5 Å². The SMILES string of the molecule is Cc1ccc(S(=O)(=O)NC2CC3CCC(C2)N3)cc1[N+](=O)[O-].Cl. The van der Waals surface area contributed by atoms with Gasteiger partial charge in [-0.1, -0.05) is 6.07 Å². The summed E-state index contributed by atoms with van der Waals surface area (Å²) >= 11 is 0. The van der Waals surface area contributed by atoms with E-state index in [1.807, 2.05) is 0 Å². The molecule has 23 heavy (non-hydrogen) atoms. The van der Waals surface area contributed by atoms with Crippen molar-refractivity contribution < 1.29 is 13.3 Å². The van der Waals surface area contributed by atoms with Crippen LogP contribution < -0.4 is 10.0 Å². The van der Waals surface area contributed by atoms with E-state index in [4.69, 9.17) is 0 Å². The van der Waals surface area contributed by atoms with Crippen LogP contribution in [0.4, 0.5) is 5.69 Å². The van der Waals surface area contributed by atoms with Crippen molar-refractivity contribution in [2.75, 3.05) is 0 Å². The van der Waals surface area contributed by atoms with Gasteiger partial charge in [-0.05, 0) is 38.7 Å². The Hall–Kier alpha value is -1.22. The maximum atomic E-state index is 12.5. The minimum Gasteiger partial charge on any atom is -0.311 e. The monoisotopic (exact) mass is 361 g/mol. The molecule has 1 aromatic rings. The highest BCUT2D eigenvalue weighted by molar-refractivity contribution is 7.89. The third kappa shape index (κ3) is 3.82. The predicted octanol–water partition coefficient (Wildman–Crippen LogP) is 1.89. The Balaban J connectivity index is 0.00000192. The van der Waals surface area contributed by atoms with Crippen LogP contribution in [0.2, 0.25) is 0 Å². The molecule has 2 heterocycles. The van der Waals surface area contributed by atoms with Crippen molar-refractivity contribution in [3.63, 3.8) is 0 Å². The van der Waals surface area contributed by atoms with Crippen molar-refractivity contribution in [3.05, 3.63) is 33.9 Å². The van der Waals surface area contributed by atoms with Gasteiger partial charge in [-0.15, -0.1) is 12.4 Å². The van der Waals surface area contributed by atoms with Gasteiger partial charge in [-0.2, -0.15) is 0 Å². The van der Waals surface area contributed by atoms with Crippen molar-refractivity contribution >= 4 is 28.1 Å². The molecule has 9 heteroatoms. The number of aryl methyl sites for hydroxylation is 1. The first-order chi connectivity index (χ1) is 10.3. The highest BCUT2D eigenvalue weighted by Gasteiger charge is 2.35. The summed E-state index contributed by atoms with van der Waals surface area (Å²) in [7, 11) is -3.73. The number of nitrogens with one attached hydrogen (secondary N) is 2. The molecule has 2 saturated heterocycles. The van der Waals surface area contributed by atoms with Gasteiger partial charge >= 0.3 is 0 Å². The fraction of sp³-hybridized carbons (Fsp3) is 0.571. The van der Waals surface area contributed by atoms with Gasteiger partial charge in [0.2, 0.25) is 10.0 Å². The largest absolute Gasteiger partial charge is 0.311 e. The number of hydrogen-bond acceptors (Lipinski definition) is 5. The first-order valence-electron chi connectivity index (χ1n) is 7.38. The molecule has 2 N–H and O–H groups in total. The average molecular weight is 362 g/mol. The van der Waals surface area contributed by atoms with E-state index in [2.05, 4.69) is 10.0 Å². The van der Waals surface area contributed by atoms with Crippen LogP contribution in [0.1, 0.15) is 31.2 Å². The Bertz CT molecular complexity index is 698. The van der Waals surface area contributed by atoms with Gasteiger partial charge in [0.05, 0.1) is 9.82 Å². The Labute approximate surface area is 141 Å². The number of rotatable bonds is 4. The molecule has 0 spiro atoms. The average Bonchev–Trinajstić information content (AvgIpc) is 2.77. The first kappa shape index (κ1) is 18.1. The molecule has 2 atom stereocenters. The summed E-state index contributed by atoms with van der Waals surface area (Å²) in [5, 5.41) is 14.4. The van der Waals surface area contributed by atoms with E-state index in [0.29, 0.717) is 17.6 Å². The number of halogens is 1. The Morgan fingerprint density at radius 1 is 1.26 bits per heavy atom. The Kier molecular flexibility index (Phi) is 5.30. The summed E-state index contributed by atoms with van der Waals surface area (Å²) in [5.41, 5.74) is 0.275. The fourth-order valence-electron chi connectivity index (χ4n) is 3.39. The van der Waals surface area contributed by atoms with Gasteiger partial charge in [0, 0.05) is 29.8 Å². The van der Waals surface area contributed by atoms with E-state index in [1.165, 1.54) is 12.1 Å². The second-order valence-electron chi connectivity index (χ2n) is 6.13. The lowest BCUT2D eigenvalue weighted by molar-refractivity contribution is -0.385. The lowest BCUT2D eigenvalue weighted by Crippen LogP contribution is -2.47. The molecule has 2 unspecified atom stereocenters. The number of benzene rings is 1. The zero-order valence-corrected chi connectivity index (χ0v) is 14.3. The van der Waals surface area contributed by atoms with Crippen molar-refractivity contribution in [2.24, 2.45) is 0 Å². The van der Waals surface area contributed by atoms with E-state index < -0.39 is 14.9 Å². The number of piperidine rings is 1. The number of nitrogens with zero attached hydrogens (tertiary/aromatic N) is 1. The molecular weight excluding hydrogens is 342 g/mol. The van der Waals surface area contributed by atoms with Gasteiger partial charge in [0.25, 0.3) is 5.69 Å². The van der Waals surface area contributed by atoms with Crippen molar-refractivity contribution in [3.8, 4) is 0 Å². The second kappa shape index (κ2) is 6.72. The summed E-state index contributed by atoms with van der Waals surface area (Å²) < 4.78 is 27.6. The van der Waals surface area contributed by atoms with E-state index >= 15 is 0 Å². The Morgan fingerprint density at radius 2 is 1.87 bits per heavy atom. The predicted molar refractivity (Wildman–Crippen MR) is 88.4 cm³/mol. The summed E-state index contributed by atoms with van der Waals surface area (Å²) in [4.78, 5) is 10.4. The van der Waals surface area contributed by atoms with Crippen LogP contribution >= 0.6 is 12.4 Å². The Morgan fingerprint density at radius 3 is 2.43 bits per heavy atom. The molecule has 2 aliphatic heterocycles. The molecular formula is C14H20ClN3O4S. The maximum Gasteiger partial charge on any atom is 0.273 e. The molecule has 128 valence electrons.